The molecule has 7 rings (SSSR count). The Morgan fingerprint density at radius 3 is 1.71 bits per heavy atom. The normalized spacial score (nSPS) is 11.8. The Morgan fingerprint density at radius 1 is 0.600 bits per heavy atom. The summed E-state index contributed by atoms with van der Waals surface area (Å²) in [6.07, 6.45) is 4.62. The van der Waals surface area contributed by atoms with Crippen molar-refractivity contribution >= 4 is 26.5 Å². The van der Waals surface area contributed by atoms with E-state index >= 15 is 0 Å². The van der Waals surface area contributed by atoms with E-state index in [2.05, 4.69) is 88.3 Å². The Morgan fingerprint density at radius 2 is 1.13 bits per heavy atom. The largest absolute Gasteiger partial charge is 0.319 e. The van der Waals surface area contributed by atoms with E-state index < -0.39 is 15.6 Å². The van der Waals surface area contributed by atoms with E-state index in [0.717, 1.165) is 38.7 Å². The first-order valence-corrected chi connectivity index (χ1v) is 16.3. The summed E-state index contributed by atoms with van der Waals surface area (Å²) in [5.41, 5.74) is 5.22. The third-order valence-electron chi connectivity index (χ3n) is 8.22. The quantitative estimate of drug-likeness (QED) is 0.169. The third-order valence-corrected chi connectivity index (χ3v) is 9.60. The third kappa shape index (κ3) is 5.52. The molecule has 0 fully saturated rings. The Balaban J connectivity index is 1.18. The average Bonchev–Trinajstić information content (AvgIpc) is 3.55. The van der Waals surface area contributed by atoms with Crippen molar-refractivity contribution in [1.29, 1.82) is 0 Å². The summed E-state index contributed by atoms with van der Waals surface area (Å²) in [6, 6.07) is 51.9. The first-order chi connectivity index (χ1) is 22.0. The molecule has 6 heteroatoms. The van der Waals surface area contributed by atoms with Crippen molar-refractivity contribution in [2.75, 3.05) is 4.72 Å². The van der Waals surface area contributed by atoms with Crippen LogP contribution in [0.3, 0.4) is 0 Å². The molecule has 45 heavy (non-hydrogen) atoms. The van der Waals surface area contributed by atoms with Crippen LogP contribution in [-0.2, 0) is 22.0 Å². The molecule has 0 aliphatic rings. The van der Waals surface area contributed by atoms with Gasteiger partial charge in [-0.05, 0) is 57.3 Å². The standard InChI is InChI=1S/C39H31N3O2S/c43-45(44,38-25-22-31-12-10-11-13-32(31)27-38)41-36-23-20-30(21-24-36)26-37-28-42(29-40-37)39(33-14-4-1-5-15-33,34-16-6-2-7-17-34)35-18-8-3-9-19-35/h1-25,27-29,41H,26H2. The molecule has 0 bridgehead atoms. The lowest BCUT2D eigenvalue weighted by atomic mass is 9.77. The Hall–Kier alpha value is -5.46. The number of fused-ring (bicyclic) bond motifs is 1. The van der Waals surface area contributed by atoms with Crippen molar-refractivity contribution < 1.29 is 8.42 Å². The van der Waals surface area contributed by atoms with Crippen molar-refractivity contribution in [3.05, 3.63) is 198 Å². The SMILES string of the molecule is O=S(=O)(Nc1ccc(Cc2cn(C(c3ccccc3)(c3ccccc3)c3ccccc3)cn2)cc1)c1ccc2ccccc2c1. The van der Waals surface area contributed by atoms with Crippen LogP contribution in [-0.4, -0.2) is 18.0 Å². The number of hydrogen-bond donors (Lipinski definition) is 1. The number of nitrogens with zero attached hydrogens (tertiary/aromatic N) is 2. The van der Waals surface area contributed by atoms with Gasteiger partial charge in [0.25, 0.3) is 10.0 Å². The number of imidazole rings is 1. The fourth-order valence-corrected chi connectivity index (χ4v) is 7.17. The first-order valence-electron chi connectivity index (χ1n) is 14.8. The maximum atomic E-state index is 13.1. The monoisotopic (exact) mass is 605 g/mol. The van der Waals surface area contributed by atoms with Gasteiger partial charge >= 0.3 is 0 Å². The smallest absolute Gasteiger partial charge is 0.261 e. The molecule has 1 heterocycles. The number of benzene rings is 6. The lowest BCUT2D eigenvalue weighted by molar-refractivity contribution is 0.514. The molecule has 0 spiro atoms. The summed E-state index contributed by atoms with van der Waals surface area (Å²) in [4.78, 5) is 5.08. The zero-order chi connectivity index (χ0) is 30.7. The van der Waals surface area contributed by atoms with Crippen LogP contribution in [0.25, 0.3) is 10.8 Å². The van der Waals surface area contributed by atoms with Crippen molar-refractivity contribution in [2.24, 2.45) is 0 Å². The van der Waals surface area contributed by atoms with Gasteiger partial charge in [0.15, 0.2) is 0 Å². The van der Waals surface area contributed by atoms with E-state index in [1.165, 1.54) is 0 Å². The highest BCUT2D eigenvalue weighted by Gasteiger charge is 2.38. The molecule has 5 nitrogen and oxygen atoms in total. The minimum Gasteiger partial charge on any atom is -0.319 e. The summed E-state index contributed by atoms with van der Waals surface area (Å²) in [6.45, 7) is 0. The van der Waals surface area contributed by atoms with Gasteiger partial charge in [0, 0.05) is 18.3 Å². The van der Waals surface area contributed by atoms with Crippen LogP contribution in [0.4, 0.5) is 5.69 Å². The average molecular weight is 606 g/mol. The van der Waals surface area contributed by atoms with E-state index in [9.17, 15) is 8.42 Å². The van der Waals surface area contributed by atoms with Gasteiger partial charge in [0.1, 0.15) is 5.54 Å². The van der Waals surface area contributed by atoms with Crippen LogP contribution in [0, 0.1) is 0 Å². The molecule has 0 unspecified atom stereocenters. The van der Waals surface area contributed by atoms with Crippen LogP contribution in [0.5, 0.6) is 0 Å². The fraction of sp³-hybridized carbons (Fsp3) is 0.0513. The molecular formula is C39H31N3O2S. The van der Waals surface area contributed by atoms with Crippen LogP contribution >= 0.6 is 0 Å². The number of hydrogen-bond acceptors (Lipinski definition) is 3. The molecule has 0 aliphatic heterocycles. The molecule has 0 saturated carbocycles. The summed E-state index contributed by atoms with van der Waals surface area (Å²) in [7, 11) is -3.73. The molecule has 0 radical (unpaired) electrons. The van der Waals surface area contributed by atoms with Gasteiger partial charge in [0.05, 0.1) is 16.9 Å². The molecule has 0 aliphatic carbocycles. The number of aromatic nitrogens is 2. The predicted molar refractivity (Wildman–Crippen MR) is 181 cm³/mol. The molecule has 1 N–H and O–H groups in total. The van der Waals surface area contributed by atoms with Gasteiger partial charge in [-0.2, -0.15) is 0 Å². The second-order valence-corrected chi connectivity index (χ2v) is 12.8. The molecular weight excluding hydrogens is 575 g/mol. The first kappa shape index (κ1) is 28.3. The molecule has 6 aromatic carbocycles. The molecule has 0 saturated heterocycles. The number of rotatable bonds is 9. The van der Waals surface area contributed by atoms with E-state index in [1.54, 1.807) is 24.3 Å². The maximum Gasteiger partial charge on any atom is 0.261 e. The van der Waals surface area contributed by atoms with Crippen molar-refractivity contribution in [3.8, 4) is 0 Å². The van der Waals surface area contributed by atoms with Gasteiger partial charge in [-0.1, -0.05) is 133 Å². The van der Waals surface area contributed by atoms with E-state index in [-0.39, 0.29) is 4.90 Å². The number of anilines is 1. The van der Waals surface area contributed by atoms with E-state index in [1.807, 2.05) is 67.0 Å². The fourth-order valence-electron chi connectivity index (χ4n) is 6.07. The van der Waals surface area contributed by atoms with Crippen molar-refractivity contribution in [2.45, 2.75) is 16.9 Å². The lowest BCUT2D eigenvalue weighted by Gasteiger charge is -2.37. The minimum atomic E-state index is -3.73. The molecule has 220 valence electrons. The summed E-state index contributed by atoms with van der Waals surface area (Å²) in [5, 5.41) is 1.88. The Kier molecular flexibility index (Phi) is 7.49. The topological polar surface area (TPSA) is 64.0 Å². The Labute approximate surface area is 263 Å². The number of nitrogens with one attached hydrogen (secondary N) is 1. The second kappa shape index (κ2) is 11.9. The summed E-state index contributed by atoms with van der Waals surface area (Å²) >= 11 is 0. The van der Waals surface area contributed by atoms with Gasteiger partial charge in [0.2, 0.25) is 0 Å². The van der Waals surface area contributed by atoms with Crippen LogP contribution in [0.1, 0.15) is 27.9 Å². The molecule has 0 atom stereocenters. The van der Waals surface area contributed by atoms with Crippen molar-refractivity contribution in [3.63, 3.8) is 0 Å². The zero-order valence-electron chi connectivity index (χ0n) is 24.5. The second-order valence-electron chi connectivity index (χ2n) is 11.1. The van der Waals surface area contributed by atoms with Gasteiger partial charge in [-0.25, -0.2) is 13.4 Å². The summed E-state index contributed by atoms with van der Waals surface area (Å²) < 4.78 is 31.2. The number of sulfonamides is 1. The molecule has 7 aromatic rings. The maximum absolute atomic E-state index is 13.1. The van der Waals surface area contributed by atoms with Crippen LogP contribution in [0.2, 0.25) is 0 Å². The highest BCUT2D eigenvalue weighted by molar-refractivity contribution is 7.92. The highest BCUT2D eigenvalue weighted by atomic mass is 32.2. The van der Waals surface area contributed by atoms with Crippen LogP contribution in [0.15, 0.2) is 175 Å². The predicted octanol–water partition coefficient (Wildman–Crippen LogP) is 8.27. The molecule has 0 amide bonds. The van der Waals surface area contributed by atoms with Crippen molar-refractivity contribution in [1.82, 2.24) is 9.55 Å². The van der Waals surface area contributed by atoms with Gasteiger partial charge in [-0.3, -0.25) is 4.72 Å². The Bertz CT molecular complexity index is 2060. The lowest BCUT2D eigenvalue weighted by Crippen LogP contribution is -2.36. The van der Waals surface area contributed by atoms with E-state index in [0.29, 0.717) is 12.1 Å². The summed E-state index contributed by atoms with van der Waals surface area (Å²) in [5.74, 6) is 0. The van der Waals surface area contributed by atoms with Crippen LogP contribution < -0.4 is 4.72 Å². The van der Waals surface area contributed by atoms with E-state index in [4.69, 9.17) is 4.98 Å². The minimum absolute atomic E-state index is 0.231. The van der Waals surface area contributed by atoms with Gasteiger partial charge in [-0.15, -0.1) is 0 Å². The van der Waals surface area contributed by atoms with Gasteiger partial charge < -0.3 is 4.57 Å². The highest BCUT2D eigenvalue weighted by Crippen LogP contribution is 2.40. The zero-order valence-corrected chi connectivity index (χ0v) is 25.3. The molecule has 1 aromatic heterocycles.